The molecule has 0 unspecified atom stereocenters. The highest BCUT2D eigenvalue weighted by molar-refractivity contribution is 7.21. The van der Waals surface area contributed by atoms with Gasteiger partial charge in [-0.15, -0.1) is 11.3 Å². The Hall–Kier alpha value is -2.54. The Morgan fingerprint density at radius 3 is 2.54 bits per heavy atom. The monoisotopic (exact) mass is 349 g/mol. The highest BCUT2D eigenvalue weighted by Gasteiger charge is 2.44. The molecule has 24 heavy (non-hydrogen) atoms. The minimum atomic E-state index is -4.02. The lowest BCUT2D eigenvalue weighted by atomic mass is 10.2. The molecule has 3 aromatic rings. The van der Waals surface area contributed by atoms with Gasteiger partial charge in [0, 0.05) is 5.56 Å². The topological polar surface area (TPSA) is 48.4 Å². The molecular weight excluding hydrogens is 336 g/mol. The van der Waals surface area contributed by atoms with Crippen molar-refractivity contribution < 1.29 is 23.0 Å². The normalized spacial score (nSPS) is 11.5. The number of para-hydroxylation sites is 1. The van der Waals surface area contributed by atoms with E-state index in [0.29, 0.717) is 0 Å². The van der Waals surface area contributed by atoms with Crippen LogP contribution in [0.2, 0.25) is 0 Å². The van der Waals surface area contributed by atoms with Crippen LogP contribution in [0, 0.1) is 0 Å². The van der Waals surface area contributed by atoms with E-state index in [9.17, 15) is 13.6 Å². The third-order valence-electron chi connectivity index (χ3n) is 3.15. The van der Waals surface area contributed by atoms with E-state index >= 15 is 0 Å². The SMILES string of the molecule is CCOC(=O)C(F)(F)Oc1ccc(-c2nc3ccccc3s2)cc1. The van der Waals surface area contributed by atoms with Crippen LogP contribution in [0.15, 0.2) is 48.5 Å². The lowest BCUT2D eigenvalue weighted by Gasteiger charge is -2.15. The fourth-order valence-corrected chi connectivity index (χ4v) is 3.04. The molecule has 1 aromatic heterocycles. The summed E-state index contributed by atoms with van der Waals surface area (Å²) >= 11 is 1.51. The Labute approximate surface area is 140 Å². The Kier molecular flexibility index (Phi) is 4.44. The highest BCUT2D eigenvalue weighted by atomic mass is 32.1. The first-order valence-electron chi connectivity index (χ1n) is 7.19. The first kappa shape index (κ1) is 16.3. The first-order valence-corrected chi connectivity index (χ1v) is 8.01. The maximum absolute atomic E-state index is 13.5. The third kappa shape index (κ3) is 3.35. The first-order chi connectivity index (χ1) is 11.5. The second kappa shape index (κ2) is 6.52. The van der Waals surface area contributed by atoms with Crippen molar-refractivity contribution in [1.29, 1.82) is 0 Å². The van der Waals surface area contributed by atoms with Crippen molar-refractivity contribution >= 4 is 27.5 Å². The fourth-order valence-electron chi connectivity index (χ4n) is 2.07. The van der Waals surface area contributed by atoms with Gasteiger partial charge in [0.2, 0.25) is 0 Å². The molecule has 0 bridgehead atoms. The number of carbonyl (C=O) groups excluding carboxylic acids is 1. The molecule has 0 spiro atoms. The summed E-state index contributed by atoms with van der Waals surface area (Å²) in [5, 5.41) is 0.778. The van der Waals surface area contributed by atoms with Crippen LogP contribution in [0.4, 0.5) is 8.78 Å². The number of benzene rings is 2. The van der Waals surface area contributed by atoms with Gasteiger partial charge in [-0.25, -0.2) is 9.78 Å². The van der Waals surface area contributed by atoms with Crippen LogP contribution in [0.25, 0.3) is 20.8 Å². The zero-order chi connectivity index (χ0) is 17.2. The average Bonchev–Trinajstić information content (AvgIpc) is 2.99. The molecule has 124 valence electrons. The van der Waals surface area contributed by atoms with Crippen LogP contribution in [0.1, 0.15) is 6.92 Å². The molecule has 0 atom stereocenters. The van der Waals surface area contributed by atoms with Crippen molar-refractivity contribution in [1.82, 2.24) is 4.98 Å². The van der Waals surface area contributed by atoms with Crippen LogP contribution in [-0.4, -0.2) is 23.7 Å². The largest absolute Gasteiger partial charge is 0.502 e. The molecule has 0 fully saturated rings. The number of ether oxygens (including phenoxy) is 2. The van der Waals surface area contributed by atoms with Crippen LogP contribution < -0.4 is 4.74 Å². The van der Waals surface area contributed by atoms with Gasteiger partial charge >= 0.3 is 12.1 Å². The number of aromatic nitrogens is 1. The molecule has 0 saturated heterocycles. The fraction of sp³-hybridized carbons (Fsp3) is 0.176. The Morgan fingerprint density at radius 2 is 1.88 bits per heavy atom. The summed E-state index contributed by atoms with van der Waals surface area (Å²) < 4.78 is 36.9. The molecule has 4 nitrogen and oxygen atoms in total. The van der Waals surface area contributed by atoms with Gasteiger partial charge in [0.05, 0.1) is 16.8 Å². The van der Waals surface area contributed by atoms with Crippen LogP contribution in [-0.2, 0) is 9.53 Å². The van der Waals surface area contributed by atoms with Crippen molar-refractivity contribution in [3.05, 3.63) is 48.5 Å². The van der Waals surface area contributed by atoms with E-state index < -0.39 is 12.1 Å². The number of hydrogen-bond donors (Lipinski definition) is 0. The predicted octanol–water partition coefficient (Wildman–Crippen LogP) is 4.50. The molecule has 0 aliphatic rings. The molecule has 1 heterocycles. The summed E-state index contributed by atoms with van der Waals surface area (Å²) in [5.74, 6) is -1.84. The zero-order valence-electron chi connectivity index (χ0n) is 12.7. The second-order valence-corrected chi connectivity index (χ2v) is 5.88. The standard InChI is InChI=1S/C17H13F2NO3S/c1-2-22-16(21)17(18,19)23-12-9-7-11(8-10-12)15-20-13-5-3-4-6-14(13)24-15/h3-10H,2H2,1H3. The van der Waals surface area contributed by atoms with E-state index in [-0.39, 0.29) is 12.4 Å². The van der Waals surface area contributed by atoms with Crippen molar-refractivity contribution in [2.24, 2.45) is 0 Å². The van der Waals surface area contributed by atoms with Gasteiger partial charge in [-0.2, -0.15) is 8.78 Å². The van der Waals surface area contributed by atoms with E-state index in [1.807, 2.05) is 24.3 Å². The molecule has 0 aliphatic heterocycles. The molecule has 3 rings (SSSR count). The van der Waals surface area contributed by atoms with E-state index in [1.54, 1.807) is 12.1 Å². The maximum Gasteiger partial charge on any atom is 0.502 e. The minimum Gasteiger partial charge on any atom is -0.459 e. The summed E-state index contributed by atoms with van der Waals surface area (Å²) in [4.78, 5) is 15.6. The van der Waals surface area contributed by atoms with E-state index in [0.717, 1.165) is 20.8 Å². The maximum atomic E-state index is 13.5. The lowest BCUT2D eigenvalue weighted by molar-refractivity contribution is -0.216. The highest BCUT2D eigenvalue weighted by Crippen LogP contribution is 2.31. The van der Waals surface area contributed by atoms with E-state index in [1.165, 1.54) is 30.4 Å². The molecule has 0 amide bonds. The van der Waals surface area contributed by atoms with E-state index in [4.69, 9.17) is 0 Å². The Morgan fingerprint density at radius 1 is 1.17 bits per heavy atom. The second-order valence-electron chi connectivity index (χ2n) is 4.85. The molecule has 0 aliphatic carbocycles. The van der Waals surface area contributed by atoms with Crippen molar-refractivity contribution in [2.75, 3.05) is 6.61 Å². The molecule has 0 radical (unpaired) electrons. The van der Waals surface area contributed by atoms with Crippen molar-refractivity contribution in [3.63, 3.8) is 0 Å². The van der Waals surface area contributed by atoms with Crippen LogP contribution >= 0.6 is 11.3 Å². The van der Waals surface area contributed by atoms with Gasteiger partial charge < -0.3 is 9.47 Å². The van der Waals surface area contributed by atoms with Crippen molar-refractivity contribution in [3.8, 4) is 16.3 Å². The number of carbonyl (C=O) groups is 1. The number of rotatable bonds is 5. The molecule has 0 saturated carbocycles. The number of alkyl halides is 2. The van der Waals surface area contributed by atoms with Gasteiger partial charge in [0.15, 0.2) is 0 Å². The summed E-state index contributed by atoms with van der Waals surface area (Å²) in [7, 11) is 0. The Bertz CT molecular complexity index is 829. The number of fused-ring (bicyclic) bond motifs is 1. The summed E-state index contributed by atoms with van der Waals surface area (Å²) in [6, 6.07) is 13.7. The van der Waals surface area contributed by atoms with E-state index in [2.05, 4.69) is 14.5 Å². The van der Waals surface area contributed by atoms with Gasteiger partial charge in [-0.3, -0.25) is 0 Å². The number of nitrogens with zero attached hydrogens (tertiary/aromatic N) is 1. The number of halogens is 2. The Balaban J connectivity index is 1.79. The van der Waals surface area contributed by atoms with Gasteiger partial charge in [-0.1, -0.05) is 12.1 Å². The molecule has 0 N–H and O–H groups in total. The van der Waals surface area contributed by atoms with Gasteiger partial charge in [-0.05, 0) is 43.3 Å². The number of esters is 1. The summed E-state index contributed by atoms with van der Waals surface area (Å²) in [5.41, 5.74) is 1.66. The molecule has 7 heteroatoms. The predicted molar refractivity (Wildman–Crippen MR) is 87.3 cm³/mol. The van der Waals surface area contributed by atoms with Crippen LogP contribution in [0.5, 0.6) is 5.75 Å². The quantitative estimate of drug-likeness (QED) is 0.637. The zero-order valence-corrected chi connectivity index (χ0v) is 13.5. The summed E-state index contributed by atoms with van der Waals surface area (Å²) in [6.45, 7) is 1.30. The van der Waals surface area contributed by atoms with Crippen LogP contribution in [0.3, 0.4) is 0 Å². The van der Waals surface area contributed by atoms with Gasteiger partial charge in [0.1, 0.15) is 10.8 Å². The average molecular weight is 349 g/mol. The number of thiazole rings is 1. The third-order valence-corrected chi connectivity index (χ3v) is 4.24. The molecular formula is C17H13F2NO3S. The smallest absolute Gasteiger partial charge is 0.459 e. The lowest BCUT2D eigenvalue weighted by Crippen LogP contribution is -2.36. The summed E-state index contributed by atoms with van der Waals surface area (Å²) in [6.07, 6.45) is -4.02. The van der Waals surface area contributed by atoms with Crippen molar-refractivity contribution in [2.45, 2.75) is 13.0 Å². The number of hydrogen-bond acceptors (Lipinski definition) is 5. The van der Waals surface area contributed by atoms with Gasteiger partial charge in [0.25, 0.3) is 0 Å². The molecule has 2 aromatic carbocycles. The minimum absolute atomic E-state index is 0.127.